The molecule has 0 aromatic rings. The molecule has 0 aliphatic rings. The van der Waals surface area contributed by atoms with Crippen molar-refractivity contribution in [3.8, 4) is 0 Å². The molecule has 0 aromatic carbocycles. The molecule has 0 bridgehead atoms. The lowest BCUT2D eigenvalue weighted by molar-refractivity contribution is -0.127. The first-order valence-corrected chi connectivity index (χ1v) is 8.02. The van der Waals surface area contributed by atoms with Crippen LogP contribution in [-0.2, 0) is 14.3 Å². The number of carbonyl (C=O) groups is 1. The van der Waals surface area contributed by atoms with E-state index in [-0.39, 0.29) is 18.6 Å². The van der Waals surface area contributed by atoms with Gasteiger partial charge in [0.15, 0.2) is 0 Å². The second-order valence-electron chi connectivity index (χ2n) is 5.75. The highest BCUT2D eigenvalue weighted by atomic mass is 16.5. The van der Waals surface area contributed by atoms with E-state index >= 15 is 0 Å². The Bertz CT molecular complexity index is 230. The van der Waals surface area contributed by atoms with Crippen LogP contribution in [0.2, 0.25) is 0 Å². The van der Waals surface area contributed by atoms with Gasteiger partial charge in [-0.25, -0.2) is 0 Å². The first-order chi connectivity index (χ1) is 9.52. The molecule has 0 radical (unpaired) electrons. The van der Waals surface area contributed by atoms with E-state index in [1.807, 2.05) is 13.8 Å². The van der Waals surface area contributed by atoms with Gasteiger partial charge in [0.05, 0.1) is 12.2 Å². The summed E-state index contributed by atoms with van der Waals surface area (Å²) in [5.74, 6) is -0.00969. The molecule has 0 unspecified atom stereocenters. The Kier molecular flexibility index (Phi) is 13.0. The van der Waals surface area contributed by atoms with Gasteiger partial charge in [-0.2, -0.15) is 0 Å². The van der Waals surface area contributed by atoms with Gasteiger partial charge in [-0.1, -0.05) is 25.7 Å². The molecule has 1 N–H and O–H groups in total. The van der Waals surface area contributed by atoms with Crippen LogP contribution in [-0.4, -0.2) is 37.9 Å². The van der Waals surface area contributed by atoms with Crippen molar-refractivity contribution < 1.29 is 14.3 Å². The predicted octanol–water partition coefficient (Wildman–Crippen LogP) is 3.29. The van der Waals surface area contributed by atoms with E-state index in [0.29, 0.717) is 6.10 Å². The van der Waals surface area contributed by atoms with E-state index in [0.717, 1.165) is 26.0 Å². The van der Waals surface area contributed by atoms with Crippen molar-refractivity contribution in [2.24, 2.45) is 0 Å². The molecule has 0 saturated carbocycles. The molecule has 0 aliphatic carbocycles. The Morgan fingerprint density at radius 1 is 0.850 bits per heavy atom. The molecule has 0 aliphatic heterocycles. The highest BCUT2D eigenvalue weighted by Gasteiger charge is 2.02. The summed E-state index contributed by atoms with van der Waals surface area (Å²) in [6, 6.07) is 0. The lowest BCUT2D eigenvalue weighted by atomic mass is 10.1. The zero-order chi connectivity index (χ0) is 15.2. The normalized spacial score (nSPS) is 11.3. The number of amides is 1. The van der Waals surface area contributed by atoms with Crippen molar-refractivity contribution in [3.05, 3.63) is 0 Å². The van der Waals surface area contributed by atoms with Crippen LogP contribution in [0.4, 0.5) is 0 Å². The van der Waals surface area contributed by atoms with E-state index in [1.54, 1.807) is 0 Å². The van der Waals surface area contributed by atoms with Gasteiger partial charge >= 0.3 is 0 Å². The third kappa shape index (κ3) is 15.4. The summed E-state index contributed by atoms with van der Waals surface area (Å²) in [6.07, 6.45) is 7.57. The van der Waals surface area contributed by atoms with E-state index in [2.05, 4.69) is 19.2 Å². The minimum atomic E-state index is -0.00969. The van der Waals surface area contributed by atoms with Gasteiger partial charge in [-0.05, 0) is 40.5 Å². The van der Waals surface area contributed by atoms with E-state index in [9.17, 15) is 4.79 Å². The maximum absolute atomic E-state index is 11.4. The summed E-state index contributed by atoms with van der Waals surface area (Å²) >= 11 is 0. The number of carbonyl (C=O) groups excluding carboxylic acids is 1. The summed E-state index contributed by atoms with van der Waals surface area (Å²) in [7, 11) is 0. The number of rotatable bonds is 13. The second kappa shape index (κ2) is 13.4. The molecule has 0 rings (SSSR count). The standard InChI is InChI=1S/C16H33NO3/c1-14(2)19-12-10-8-6-5-7-9-11-17-16(18)13-20-15(3)4/h14-15H,5-13H2,1-4H3,(H,17,18). The maximum Gasteiger partial charge on any atom is 0.246 e. The fraction of sp³-hybridized carbons (Fsp3) is 0.938. The number of hydrogen-bond acceptors (Lipinski definition) is 3. The summed E-state index contributed by atoms with van der Waals surface area (Å²) < 4.78 is 10.7. The fourth-order valence-electron chi connectivity index (χ4n) is 1.77. The Hall–Kier alpha value is -0.610. The van der Waals surface area contributed by atoms with Gasteiger partial charge < -0.3 is 14.8 Å². The first kappa shape index (κ1) is 19.4. The van der Waals surface area contributed by atoms with Crippen molar-refractivity contribution in [3.63, 3.8) is 0 Å². The van der Waals surface area contributed by atoms with Crippen LogP contribution in [0.25, 0.3) is 0 Å². The van der Waals surface area contributed by atoms with Gasteiger partial charge in [0.1, 0.15) is 6.61 Å². The Balaban J connectivity index is 3.14. The van der Waals surface area contributed by atoms with Crippen LogP contribution < -0.4 is 5.32 Å². The van der Waals surface area contributed by atoms with Crippen LogP contribution >= 0.6 is 0 Å². The fourth-order valence-corrected chi connectivity index (χ4v) is 1.77. The molecule has 4 heteroatoms. The molecule has 0 fully saturated rings. The van der Waals surface area contributed by atoms with Crippen molar-refractivity contribution in [1.82, 2.24) is 5.32 Å². The Morgan fingerprint density at radius 2 is 1.40 bits per heavy atom. The van der Waals surface area contributed by atoms with Gasteiger partial charge in [-0.3, -0.25) is 4.79 Å². The van der Waals surface area contributed by atoms with Crippen LogP contribution in [0, 0.1) is 0 Å². The first-order valence-electron chi connectivity index (χ1n) is 8.02. The molecular weight excluding hydrogens is 254 g/mol. The predicted molar refractivity (Wildman–Crippen MR) is 82.9 cm³/mol. The SMILES string of the molecule is CC(C)OCCCCCCCCNC(=O)COC(C)C. The monoisotopic (exact) mass is 287 g/mol. The quantitative estimate of drug-likeness (QED) is 0.529. The van der Waals surface area contributed by atoms with Gasteiger partial charge in [0.2, 0.25) is 5.91 Å². The molecule has 20 heavy (non-hydrogen) atoms. The summed E-state index contributed by atoms with van der Waals surface area (Å²) in [6.45, 7) is 9.81. The van der Waals surface area contributed by atoms with Gasteiger partial charge in [-0.15, -0.1) is 0 Å². The molecule has 120 valence electrons. The van der Waals surface area contributed by atoms with Crippen LogP contribution in [0.5, 0.6) is 0 Å². The van der Waals surface area contributed by atoms with Crippen molar-refractivity contribution >= 4 is 5.91 Å². The number of hydrogen-bond donors (Lipinski definition) is 1. The van der Waals surface area contributed by atoms with E-state index in [1.165, 1.54) is 25.7 Å². The molecular formula is C16H33NO3. The molecule has 4 nitrogen and oxygen atoms in total. The van der Waals surface area contributed by atoms with Crippen LogP contribution in [0.3, 0.4) is 0 Å². The molecule has 0 atom stereocenters. The Labute approximate surface area is 124 Å². The summed E-state index contributed by atoms with van der Waals surface area (Å²) in [5.41, 5.74) is 0. The van der Waals surface area contributed by atoms with Crippen molar-refractivity contribution in [2.45, 2.75) is 78.4 Å². The van der Waals surface area contributed by atoms with E-state index in [4.69, 9.17) is 9.47 Å². The third-order valence-electron chi connectivity index (χ3n) is 2.89. The number of ether oxygens (including phenoxy) is 2. The molecule has 0 heterocycles. The lowest BCUT2D eigenvalue weighted by Gasteiger charge is -2.08. The number of nitrogens with one attached hydrogen (secondary N) is 1. The zero-order valence-corrected chi connectivity index (χ0v) is 13.7. The maximum atomic E-state index is 11.4. The van der Waals surface area contributed by atoms with Crippen LogP contribution in [0.1, 0.15) is 66.2 Å². The smallest absolute Gasteiger partial charge is 0.246 e. The Morgan fingerprint density at radius 3 is 2.00 bits per heavy atom. The molecule has 0 aromatic heterocycles. The summed E-state index contributed by atoms with van der Waals surface area (Å²) in [4.78, 5) is 11.4. The zero-order valence-electron chi connectivity index (χ0n) is 13.7. The molecule has 1 amide bonds. The topological polar surface area (TPSA) is 47.6 Å². The highest BCUT2D eigenvalue weighted by molar-refractivity contribution is 5.77. The third-order valence-corrected chi connectivity index (χ3v) is 2.89. The molecule has 0 saturated heterocycles. The number of unbranched alkanes of at least 4 members (excludes halogenated alkanes) is 5. The highest BCUT2D eigenvalue weighted by Crippen LogP contribution is 2.05. The largest absolute Gasteiger partial charge is 0.379 e. The average Bonchev–Trinajstić information content (AvgIpc) is 2.38. The van der Waals surface area contributed by atoms with Crippen molar-refractivity contribution in [1.29, 1.82) is 0 Å². The van der Waals surface area contributed by atoms with Crippen LogP contribution in [0.15, 0.2) is 0 Å². The van der Waals surface area contributed by atoms with E-state index < -0.39 is 0 Å². The second-order valence-corrected chi connectivity index (χ2v) is 5.75. The minimum Gasteiger partial charge on any atom is -0.379 e. The van der Waals surface area contributed by atoms with Gasteiger partial charge in [0, 0.05) is 13.2 Å². The minimum absolute atomic E-state index is 0.00969. The van der Waals surface area contributed by atoms with Gasteiger partial charge in [0.25, 0.3) is 0 Å². The van der Waals surface area contributed by atoms with Crippen molar-refractivity contribution in [2.75, 3.05) is 19.8 Å². The average molecular weight is 287 g/mol. The summed E-state index contributed by atoms with van der Waals surface area (Å²) in [5, 5.41) is 2.88. The molecule has 0 spiro atoms. The lowest BCUT2D eigenvalue weighted by Crippen LogP contribution is -2.29.